The Morgan fingerprint density at radius 2 is 2.00 bits per heavy atom. The molecule has 1 aliphatic rings. The van der Waals surface area contributed by atoms with E-state index in [1.165, 1.54) is 0 Å². The zero-order valence-electron chi connectivity index (χ0n) is 10.2. The van der Waals surface area contributed by atoms with E-state index in [1.54, 1.807) is 12.3 Å². The molecule has 1 N–H and O–H groups in total. The number of halogens is 1. The normalized spacial score (nSPS) is 13.1. The third-order valence-electron chi connectivity index (χ3n) is 2.84. The minimum absolute atomic E-state index is 0.561. The molecule has 2 aromatic rings. The first-order chi connectivity index (χ1) is 9.33. The summed E-state index contributed by atoms with van der Waals surface area (Å²) < 4.78 is 11.0. The van der Waals surface area contributed by atoms with Crippen molar-refractivity contribution in [1.29, 1.82) is 0 Å². The van der Waals surface area contributed by atoms with Crippen molar-refractivity contribution in [3.8, 4) is 11.5 Å². The lowest BCUT2D eigenvalue weighted by Gasteiger charge is -2.20. The van der Waals surface area contributed by atoms with Gasteiger partial charge in [-0.2, -0.15) is 0 Å². The van der Waals surface area contributed by atoms with Crippen molar-refractivity contribution in [2.75, 3.05) is 18.5 Å². The van der Waals surface area contributed by atoms with Crippen LogP contribution >= 0.6 is 11.6 Å². The molecule has 0 saturated carbocycles. The zero-order chi connectivity index (χ0) is 13.1. The molecule has 1 aromatic carbocycles. The highest BCUT2D eigenvalue weighted by molar-refractivity contribution is 6.33. The van der Waals surface area contributed by atoms with E-state index < -0.39 is 0 Å². The van der Waals surface area contributed by atoms with E-state index in [0.717, 1.165) is 17.0 Å². The quantitative estimate of drug-likeness (QED) is 0.935. The van der Waals surface area contributed by atoms with Crippen LogP contribution in [0.2, 0.25) is 5.02 Å². The molecule has 0 bridgehead atoms. The molecule has 0 amide bonds. The highest BCUT2D eigenvalue weighted by atomic mass is 35.5. The van der Waals surface area contributed by atoms with Crippen LogP contribution in [0.3, 0.4) is 0 Å². The maximum atomic E-state index is 6.21. The Morgan fingerprint density at radius 1 is 1.21 bits per heavy atom. The van der Waals surface area contributed by atoms with E-state index in [1.807, 2.05) is 24.4 Å². The minimum atomic E-state index is 0.561. The smallest absolute Gasteiger partial charge is 0.163 e. The number of hydrogen-bond acceptors (Lipinski definition) is 4. The number of aromatic nitrogens is 1. The van der Waals surface area contributed by atoms with Gasteiger partial charge in [-0.3, -0.25) is 4.98 Å². The maximum absolute atomic E-state index is 6.21. The fourth-order valence-corrected chi connectivity index (χ4v) is 2.12. The zero-order valence-corrected chi connectivity index (χ0v) is 11.0. The number of rotatable bonds is 3. The van der Waals surface area contributed by atoms with Gasteiger partial charge in [-0.05, 0) is 11.6 Å². The van der Waals surface area contributed by atoms with Gasteiger partial charge in [0, 0.05) is 31.1 Å². The third-order valence-corrected chi connectivity index (χ3v) is 3.15. The predicted octanol–water partition coefficient (Wildman–Crippen LogP) is 3.12. The van der Waals surface area contributed by atoms with Gasteiger partial charge in [-0.15, -0.1) is 0 Å². The number of benzene rings is 1. The molecule has 0 saturated heterocycles. The first-order valence-corrected chi connectivity index (χ1v) is 6.42. The van der Waals surface area contributed by atoms with Gasteiger partial charge in [0.05, 0.1) is 10.7 Å². The van der Waals surface area contributed by atoms with E-state index in [9.17, 15) is 0 Å². The number of anilines is 1. The summed E-state index contributed by atoms with van der Waals surface area (Å²) in [7, 11) is 0. The fraction of sp³-hybridized carbons (Fsp3) is 0.214. The van der Waals surface area contributed by atoms with Gasteiger partial charge < -0.3 is 14.8 Å². The van der Waals surface area contributed by atoms with Crippen molar-refractivity contribution in [3.05, 3.63) is 47.2 Å². The average molecular weight is 277 g/mol. The summed E-state index contributed by atoms with van der Waals surface area (Å²) in [6, 6.07) is 7.56. The van der Waals surface area contributed by atoms with Gasteiger partial charge in [0.25, 0.3) is 0 Å². The van der Waals surface area contributed by atoms with Crippen molar-refractivity contribution in [2.45, 2.75) is 6.54 Å². The Bertz CT molecular complexity index is 575. The van der Waals surface area contributed by atoms with Crippen LogP contribution in [0.5, 0.6) is 11.5 Å². The van der Waals surface area contributed by atoms with Crippen LogP contribution in [0.4, 0.5) is 5.69 Å². The van der Waals surface area contributed by atoms with E-state index in [-0.39, 0.29) is 0 Å². The van der Waals surface area contributed by atoms with Gasteiger partial charge in [0.15, 0.2) is 11.5 Å². The Labute approximate surface area is 116 Å². The Balaban J connectivity index is 1.77. The van der Waals surface area contributed by atoms with Crippen molar-refractivity contribution in [2.24, 2.45) is 0 Å². The monoisotopic (exact) mass is 276 g/mol. The molecule has 0 atom stereocenters. The number of nitrogens with zero attached hydrogens (tertiary/aromatic N) is 1. The maximum Gasteiger partial charge on any atom is 0.163 e. The Kier molecular flexibility index (Phi) is 3.42. The van der Waals surface area contributed by atoms with Gasteiger partial charge in [0.2, 0.25) is 0 Å². The van der Waals surface area contributed by atoms with Gasteiger partial charge >= 0.3 is 0 Å². The van der Waals surface area contributed by atoms with E-state index >= 15 is 0 Å². The molecule has 1 aliphatic heterocycles. The summed E-state index contributed by atoms with van der Waals surface area (Å²) in [5.41, 5.74) is 1.92. The molecule has 0 fully saturated rings. The number of pyridine rings is 1. The first kappa shape index (κ1) is 12.1. The second-order valence-electron chi connectivity index (χ2n) is 4.19. The standard InChI is InChI=1S/C14H13ClN2O2/c15-11-6-13-14(19-5-4-18-13)7-12(11)17-9-10-2-1-3-16-8-10/h1-3,6-8,17H,4-5,9H2. The molecule has 4 nitrogen and oxygen atoms in total. The molecule has 1 aromatic heterocycles. The summed E-state index contributed by atoms with van der Waals surface area (Å²) >= 11 is 6.21. The van der Waals surface area contributed by atoms with Gasteiger partial charge in [-0.1, -0.05) is 17.7 Å². The molecular formula is C14H13ClN2O2. The number of ether oxygens (including phenoxy) is 2. The van der Waals surface area contributed by atoms with Crippen LogP contribution in [-0.4, -0.2) is 18.2 Å². The molecule has 3 rings (SSSR count). The van der Waals surface area contributed by atoms with Crippen molar-refractivity contribution in [3.63, 3.8) is 0 Å². The van der Waals surface area contributed by atoms with E-state index in [0.29, 0.717) is 30.5 Å². The summed E-state index contributed by atoms with van der Waals surface area (Å²) in [5, 5.41) is 3.89. The molecule has 0 spiro atoms. The number of hydrogen-bond donors (Lipinski definition) is 1. The largest absolute Gasteiger partial charge is 0.486 e. The second-order valence-corrected chi connectivity index (χ2v) is 4.60. The van der Waals surface area contributed by atoms with Gasteiger partial charge in [0.1, 0.15) is 13.2 Å². The predicted molar refractivity (Wildman–Crippen MR) is 74.0 cm³/mol. The first-order valence-electron chi connectivity index (χ1n) is 6.05. The molecule has 98 valence electrons. The Hall–Kier alpha value is -1.94. The van der Waals surface area contributed by atoms with Crippen molar-refractivity contribution < 1.29 is 9.47 Å². The molecule has 0 unspecified atom stereocenters. The lowest BCUT2D eigenvalue weighted by atomic mass is 10.2. The third kappa shape index (κ3) is 2.74. The van der Waals surface area contributed by atoms with Crippen LogP contribution in [0.25, 0.3) is 0 Å². The summed E-state index contributed by atoms with van der Waals surface area (Å²) in [4.78, 5) is 4.07. The van der Waals surface area contributed by atoms with Gasteiger partial charge in [-0.25, -0.2) is 0 Å². The van der Waals surface area contributed by atoms with Crippen molar-refractivity contribution >= 4 is 17.3 Å². The fourth-order valence-electron chi connectivity index (χ4n) is 1.90. The molecule has 5 heteroatoms. The summed E-state index contributed by atoms with van der Waals surface area (Å²) in [5.74, 6) is 1.42. The summed E-state index contributed by atoms with van der Waals surface area (Å²) in [6.45, 7) is 1.79. The topological polar surface area (TPSA) is 43.4 Å². The molecule has 0 aliphatic carbocycles. The van der Waals surface area contributed by atoms with Crippen LogP contribution in [0.15, 0.2) is 36.7 Å². The van der Waals surface area contributed by atoms with Crippen LogP contribution in [-0.2, 0) is 6.54 Å². The lowest BCUT2D eigenvalue weighted by molar-refractivity contribution is 0.171. The molecule has 19 heavy (non-hydrogen) atoms. The van der Waals surface area contributed by atoms with Crippen LogP contribution in [0.1, 0.15) is 5.56 Å². The Morgan fingerprint density at radius 3 is 2.74 bits per heavy atom. The van der Waals surface area contributed by atoms with Crippen molar-refractivity contribution in [1.82, 2.24) is 4.98 Å². The lowest BCUT2D eigenvalue weighted by Crippen LogP contribution is -2.15. The summed E-state index contributed by atoms with van der Waals surface area (Å²) in [6.07, 6.45) is 3.57. The van der Waals surface area contributed by atoms with Crippen LogP contribution in [0, 0.1) is 0 Å². The SMILES string of the molecule is Clc1cc2c(cc1NCc1cccnc1)OCCO2. The molecule has 2 heterocycles. The molecule has 0 radical (unpaired) electrons. The van der Waals surface area contributed by atoms with E-state index in [2.05, 4.69) is 10.3 Å². The van der Waals surface area contributed by atoms with Crippen LogP contribution < -0.4 is 14.8 Å². The minimum Gasteiger partial charge on any atom is -0.486 e. The van der Waals surface area contributed by atoms with E-state index in [4.69, 9.17) is 21.1 Å². The number of fused-ring (bicyclic) bond motifs is 1. The second kappa shape index (κ2) is 5.36. The highest BCUT2D eigenvalue weighted by Crippen LogP contribution is 2.38. The molecular weight excluding hydrogens is 264 g/mol. The average Bonchev–Trinajstić information content (AvgIpc) is 2.46. The number of nitrogens with one attached hydrogen (secondary N) is 1. The highest BCUT2D eigenvalue weighted by Gasteiger charge is 2.14.